The van der Waals surface area contributed by atoms with E-state index in [9.17, 15) is 0 Å². The molecule has 2 heteroatoms. The van der Waals surface area contributed by atoms with Crippen LogP contribution in [0.4, 0.5) is 0 Å². The van der Waals surface area contributed by atoms with Gasteiger partial charge in [0, 0.05) is 38.3 Å². The molecule has 1 aromatic carbocycles. The summed E-state index contributed by atoms with van der Waals surface area (Å²) in [5, 5.41) is 0. The lowest BCUT2D eigenvalue weighted by Gasteiger charge is -2.38. The van der Waals surface area contributed by atoms with Gasteiger partial charge in [0.15, 0.2) is 0 Å². The van der Waals surface area contributed by atoms with E-state index < -0.39 is 0 Å². The smallest absolute Gasteiger partial charge is 0.0234 e. The molecule has 1 saturated carbocycles. The van der Waals surface area contributed by atoms with Crippen molar-refractivity contribution in [1.29, 1.82) is 0 Å². The Morgan fingerprint density at radius 2 is 1.65 bits per heavy atom. The number of rotatable bonds is 3. The highest BCUT2D eigenvalue weighted by atomic mass is 15.3. The summed E-state index contributed by atoms with van der Waals surface area (Å²) in [7, 11) is 0. The number of nitrogens with zero attached hydrogens (tertiary/aromatic N) is 2. The Bertz CT molecular complexity index is 362. The maximum absolute atomic E-state index is 2.69. The highest BCUT2D eigenvalue weighted by molar-refractivity contribution is 5.14. The van der Waals surface area contributed by atoms with Crippen molar-refractivity contribution in [3.63, 3.8) is 0 Å². The summed E-state index contributed by atoms with van der Waals surface area (Å²) in [4.78, 5) is 5.27. The molecule has 0 unspecified atom stereocenters. The Morgan fingerprint density at radius 3 is 2.24 bits per heavy atom. The third-order valence-corrected chi connectivity index (χ3v) is 4.36. The highest BCUT2D eigenvalue weighted by Crippen LogP contribution is 2.41. The number of benzene rings is 1. The fourth-order valence-electron chi connectivity index (χ4n) is 2.78. The molecule has 0 bridgehead atoms. The van der Waals surface area contributed by atoms with Gasteiger partial charge in [-0.3, -0.25) is 9.80 Å². The van der Waals surface area contributed by atoms with Gasteiger partial charge in [-0.2, -0.15) is 0 Å². The highest BCUT2D eigenvalue weighted by Gasteiger charge is 2.43. The molecule has 0 radical (unpaired) electrons. The van der Waals surface area contributed by atoms with Crippen LogP contribution in [-0.4, -0.2) is 41.5 Å². The van der Waals surface area contributed by atoms with Crippen LogP contribution in [0.25, 0.3) is 0 Å². The fourth-order valence-corrected chi connectivity index (χ4v) is 2.78. The molecule has 2 fully saturated rings. The summed E-state index contributed by atoms with van der Waals surface area (Å²) in [5.74, 6) is 0. The first-order chi connectivity index (χ1) is 8.26. The number of hydrogen-bond acceptors (Lipinski definition) is 2. The van der Waals surface area contributed by atoms with Gasteiger partial charge in [-0.05, 0) is 25.3 Å². The van der Waals surface area contributed by atoms with Gasteiger partial charge in [0.1, 0.15) is 0 Å². The molecule has 92 valence electrons. The van der Waals surface area contributed by atoms with Crippen LogP contribution in [0.1, 0.15) is 25.3 Å². The average molecular weight is 230 g/mol. The number of hydrogen-bond donors (Lipinski definition) is 0. The van der Waals surface area contributed by atoms with E-state index in [1.807, 2.05) is 0 Å². The van der Waals surface area contributed by atoms with Crippen LogP contribution < -0.4 is 0 Å². The Hall–Kier alpha value is -0.860. The predicted octanol–water partition coefficient (Wildman–Crippen LogP) is 2.36. The zero-order chi connectivity index (χ0) is 11.7. The van der Waals surface area contributed by atoms with Crippen LogP contribution in [0.2, 0.25) is 0 Å². The van der Waals surface area contributed by atoms with E-state index in [-0.39, 0.29) is 0 Å². The second-order valence-electron chi connectivity index (χ2n) is 5.75. The van der Waals surface area contributed by atoms with Crippen molar-refractivity contribution in [2.75, 3.05) is 26.2 Å². The van der Waals surface area contributed by atoms with Gasteiger partial charge in [-0.1, -0.05) is 30.3 Å². The molecule has 1 aliphatic heterocycles. The second-order valence-corrected chi connectivity index (χ2v) is 5.75. The van der Waals surface area contributed by atoms with Gasteiger partial charge in [0.25, 0.3) is 0 Å². The van der Waals surface area contributed by atoms with Crippen molar-refractivity contribution in [3.8, 4) is 0 Å². The minimum Gasteiger partial charge on any atom is -0.297 e. The van der Waals surface area contributed by atoms with E-state index in [1.54, 1.807) is 0 Å². The SMILES string of the molecule is CC1(N2CCN(Cc3ccccc3)CC2)CC1. The van der Waals surface area contributed by atoms with Crippen LogP contribution in [0.15, 0.2) is 30.3 Å². The van der Waals surface area contributed by atoms with E-state index in [1.165, 1.54) is 44.6 Å². The molecule has 0 spiro atoms. The zero-order valence-corrected chi connectivity index (χ0v) is 10.7. The lowest BCUT2D eigenvalue weighted by Crippen LogP contribution is -2.50. The van der Waals surface area contributed by atoms with Crippen molar-refractivity contribution in [2.45, 2.75) is 31.8 Å². The summed E-state index contributed by atoms with van der Waals surface area (Å²) in [6.07, 6.45) is 2.82. The molecular weight excluding hydrogens is 208 g/mol. The minimum atomic E-state index is 0.568. The molecule has 0 amide bonds. The summed E-state index contributed by atoms with van der Waals surface area (Å²) in [6, 6.07) is 10.8. The summed E-state index contributed by atoms with van der Waals surface area (Å²) < 4.78 is 0. The van der Waals surface area contributed by atoms with Gasteiger partial charge in [0.2, 0.25) is 0 Å². The maximum Gasteiger partial charge on any atom is 0.0234 e. The summed E-state index contributed by atoms with van der Waals surface area (Å²) >= 11 is 0. The van der Waals surface area contributed by atoms with Crippen LogP contribution >= 0.6 is 0 Å². The molecule has 0 N–H and O–H groups in total. The second kappa shape index (κ2) is 4.43. The first-order valence-electron chi connectivity index (χ1n) is 6.78. The van der Waals surface area contributed by atoms with Gasteiger partial charge in [-0.15, -0.1) is 0 Å². The van der Waals surface area contributed by atoms with Crippen LogP contribution in [-0.2, 0) is 6.54 Å². The Balaban J connectivity index is 1.52. The largest absolute Gasteiger partial charge is 0.297 e. The molecule has 1 saturated heterocycles. The molecule has 0 atom stereocenters. The van der Waals surface area contributed by atoms with Crippen molar-refractivity contribution < 1.29 is 0 Å². The molecule has 3 rings (SSSR count). The maximum atomic E-state index is 2.69. The molecule has 1 aliphatic carbocycles. The Kier molecular flexibility index (Phi) is 2.93. The molecular formula is C15H22N2. The molecule has 0 aromatic heterocycles. The zero-order valence-electron chi connectivity index (χ0n) is 10.7. The molecule has 1 heterocycles. The van der Waals surface area contributed by atoms with Gasteiger partial charge < -0.3 is 0 Å². The molecule has 2 aliphatic rings. The third-order valence-electron chi connectivity index (χ3n) is 4.36. The van der Waals surface area contributed by atoms with E-state index in [2.05, 4.69) is 47.1 Å². The first-order valence-corrected chi connectivity index (χ1v) is 6.78. The standard InChI is InChI=1S/C15H22N2/c1-15(7-8-15)17-11-9-16(10-12-17)13-14-5-3-2-4-6-14/h2-6H,7-13H2,1H3. The Labute approximate surface area is 104 Å². The lowest BCUT2D eigenvalue weighted by atomic mass is 10.1. The van der Waals surface area contributed by atoms with Crippen LogP contribution in [0, 0.1) is 0 Å². The van der Waals surface area contributed by atoms with Crippen molar-refractivity contribution in [2.24, 2.45) is 0 Å². The quantitative estimate of drug-likeness (QED) is 0.786. The van der Waals surface area contributed by atoms with Gasteiger partial charge in [-0.25, -0.2) is 0 Å². The normalized spacial score (nSPS) is 24.8. The lowest BCUT2D eigenvalue weighted by molar-refractivity contribution is 0.0881. The molecule has 1 aromatic rings. The average Bonchev–Trinajstić information content (AvgIpc) is 3.11. The van der Waals surface area contributed by atoms with Crippen molar-refractivity contribution >= 4 is 0 Å². The number of piperazine rings is 1. The van der Waals surface area contributed by atoms with Crippen molar-refractivity contribution in [3.05, 3.63) is 35.9 Å². The van der Waals surface area contributed by atoms with Crippen LogP contribution in [0.5, 0.6) is 0 Å². The fraction of sp³-hybridized carbons (Fsp3) is 0.600. The molecule has 17 heavy (non-hydrogen) atoms. The van der Waals surface area contributed by atoms with Gasteiger partial charge in [0.05, 0.1) is 0 Å². The molecule has 2 nitrogen and oxygen atoms in total. The van der Waals surface area contributed by atoms with E-state index in [4.69, 9.17) is 0 Å². The Morgan fingerprint density at radius 1 is 1.00 bits per heavy atom. The summed E-state index contributed by atoms with van der Waals surface area (Å²) in [6.45, 7) is 8.49. The first kappa shape index (κ1) is 11.2. The monoisotopic (exact) mass is 230 g/mol. The van der Waals surface area contributed by atoms with Gasteiger partial charge >= 0.3 is 0 Å². The third kappa shape index (κ3) is 2.53. The van der Waals surface area contributed by atoms with E-state index >= 15 is 0 Å². The van der Waals surface area contributed by atoms with E-state index in [0.29, 0.717) is 5.54 Å². The predicted molar refractivity (Wildman–Crippen MR) is 70.9 cm³/mol. The summed E-state index contributed by atoms with van der Waals surface area (Å²) in [5.41, 5.74) is 2.01. The minimum absolute atomic E-state index is 0.568. The van der Waals surface area contributed by atoms with E-state index in [0.717, 1.165) is 6.54 Å². The topological polar surface area (TPSA) is 6.48 Å². The van der Waals surface area contributed by atoms with Crippen LogP contribution in [0.3, 0.4) is 0 Å². The van der Waals surface area contributed by atoms with Crippen molar-refractivity contribution in [1.82, 2.24) is 9.80 Å².